The maximum Gasteiger partial charge on any atom is 0.323 e. The molecule has 328 valence electrons. The quantitative estimate of drug-likeness (QED) is 0.108. The van der Waals surface area contributed by atoms with E-state index in [1.807, 2.05) is 54.6 Å². The molecule has 5 N–H and O–H groups in total. The topological polar surface area (TPSA) is 152 Å². The number of imidazole rings is 1. The maximum absolute atomic E-state index is 14.4. The van der Waals surface area contributed by atoms with Gasteiger partial charge in [0.05, 0.1) is 33.8 Å². The number of aromatic nitrogens is 2. The van der Waals surface area contributed by atoms with Crippen molar-refractivity contribution in [3.8, 4) is 16.9 Å². The van der Waals surface area contributed by atoms with E-state index in [0.29, 0.717) is 79.0 Å². The Morgan fingerprint density at radius 1 is 0.554 bits per heavy atom. The van der Waals surface area contributed by atoms with Crippen molar-refractivity contribution in [2.24, 2.45) is 9.98 Å². The van der Waals surface area contributed by atoms with Crippen LogP contribution in [0.5, 0.6) is 5.75 Å². The number of hydrogen-bond donors (Lipinski definition) is 5. The number of nitrogens with zero attached hydrogens (tertiary/aromatic N) is 2. The summed E-state index contributed by atoms with van der Waals surface area (Å²) in [6, 6.07) is 34.1. The summed E-state index contributed by atoms with van der Waals surface area (Å²) in [5.74, 6) is -0.385. The first-order valence-corrected chi connectivity index (χ1v) is 22.3. The number of aliphatic imine (C=N–C) groups is 2. The minimum absolute atomic E-state index is 0.121. The number of rotatable bonds is 7. The number of carbonyl (C=O) groups excluding carboxylic acids is 2. The highest BCUT2D eigenvalue weighted by Gasteiger charge is 2.32. The molecule has 2 atom stereocenters. The Morgan fingerprint density at radius 2 is 1.14 bits per heavy atom. The van der Waals surface area contributed by atoms with Gasteiger partial charge in [0.1, 0.15) is 17.8 Å². The third kappa shape index (κ3) is 8.76. The molecular weight excluding hydrogens is 856 g/mol. The normalized spacial score (nSPS) is 16.4. The number of aromatic amines is 2. The molecule has 9 rings (SSSR count). The maximum atomic E-state index is 14.4. The number of phenols is 1. The van der Waals surface area contributed by atoms with Gasteiger partial charge < -0.3 is 25.7 Å². The number of nitrogens with one attached hydrogen (secondary N) is 4. The molecule has 3 heterocycles. The number of phenolic OH excluding ortho intramolecular Hbond substituents is 1. The predicted octanol–water partition coefficient (Wildman–Crippen LogP) is 10.9. The van der Waals surface area contributed by atoms with E-state index in [1.54, 1.807) is 42.5 Å². The van der Waals surface area contributed by atoms with Gasteiger partial charge in [0.25, 0.3) is 0 Å². The van der Waals surface area contributed by atoms with E-state index in [2.05, 4.69) is 80.3 Å². The zero-order chi connectivity index (χ0) is 45.9. The third-order valence-electron chi connectivity index (χ3n) is 12.1. The van der Waals surface area contributed by atoms with Gasteiger partial charge in [-0.25, -0.2) is 4.79 Å². The van der Waals surface area contributed by atoms with Gasteiger partial charge in [-0.1, -0.05) is 113 Å². The van der Waals surface area contributed by atoms with Crippen LogP contribution in [0.25, 0.3) is 22.2 Å². The number of H-pyrrole nitrogens is 2. The summed E-state index contributed by atoms with van der Waals surface area (Å²) in [5.41, 5.74) is 11.1. The average Bonchev–Trinajstić information content (AvgIpc) is 3.51. The number of benzodiazepines with no additional fused rings is 2. The second kappa shape index (κ2) is 16.7. The van der Waals surface area contributed by atoms with Crippen molar-refractivity contribution in [2.75, 3.05) is 10.6 Å². The molecule has 65 heavy (non-hydrogen) atoms. The zero-order valence-corrected chi connectivity index (χ0v) is 38.4. The molecule has 6 aromatic carbocycles. The molecule has 0 fully saturated rings. The molecule has 0 saturated heterocycles. The molecular formula is C53H48Cl2N6O4. The van der Waals surface area contributed by atoms with Crippen LogP contribution in [-0.2, 0) is 33.3 Å². The molecule has 0 saturated carbocycles. The minimum atomic E-state index is -0.799. The van der Waals surface area contributed by atoms with Gasteiger partial charge in [-0.3, -0.25) is 19.6 Å². The fourth-order valence-electron chi connectivity index (χ4n) is 8.92. The van der Waals surface area contributed by atoms with Gasteiger partial charge in [0.15, 0.2) is 0 Å². The number of aromatic hydroxyl groups is 1. The Balaban J connectivity index is 1.12. The number of anilines is 2. The summed E-state index contributed by atoms with van der Waals surface area (Å²) < 4.78 is 0. The van der Waals surface area contributed by atoms with Crippen LogP contribution in [0.2, 0.25) is 10.0 Å². The first-order chi connectivity index (χ1) is 30.9. The van der Waals surface area contributed by atoms with E-state index in [4.69, 9.17) is 33.2 Å². The second-order valence-electron chi connectivity index (χ2n) is 18.9. The Hall–Kier alpha value is -6.75. The summed E-state index contributed by atoms with van der Waals surface area (Å²) in [4.78, 5) is 56.6. The molecule has 0 bridgehead atoms. The van der Waals surface area contributed by atoms with E-state index >= 15 is 0 Å². The van der Waals surface area contributed by atoms with Crippen LogP contribution in [0.15, 0.2) is 130 Å². The highest BCUT2D eigenvalue weighted by Crippen LogP contribution is 2.40. The number of hydrogen-bond acceptors (Lipinski definition) is 6. The lowest BCUT2D eigenvalue weighted by atomic mass is 9.80. The second-order valence-corrected chi connectivity index (χ2v) is 19.7. The van der Waals surface area contributed by atoms with E-state index < -0.39 is 12.1 Å². The molecule has 2 aliphatic rings. The van der Waals surface area contributed by atoms with Crippen molar-refractivity contribution in [3.63, 3.8) is 0 Å². The Morgan fingerprint density at radius 3 is 1.83 bits per heavy atom. The first kappa shape index (κ1) is 43.5. The third-order valence-corrected chi connectivity index (χ3v) is 12.6. The van der Waals surface area contributed by atoms with Crippen LogP contribution >= 0.6 is 23.2 Å². The van der Waals surface area contributed by atoms with Gasteiger partial charge in [-0.05, 0) is 105 Å². The number of fused-ring (bicyclic) bond motifs is 3. The minimum Gasteiger partial charge on any atom is -0.508 e. The van der Waals surface area contributed by atoms with Gasteiger partial charge in [-0.2, -0.15) is 0 Å². The smallest absolute Gasteiger partial charge is 0.323 e. The van der Waals surface area contributed by atoms with Crippen LogP contribution in [0, 0.1) is 0 Å². The fraction of sp³-hybridized carbons (Fsp3) is 0.226. The number of amides is 2. The molecule has 10 nitrogen and oxygen atoms in total. The summed E-state index contributed by atoms with van der Waals surface area (Å²) in [6.07, 6.45) is 0.669. The molecule has 2 amide bonds. The SMILES string of the molecule is CC(C)(C)c1ccccc1CC1N=C(c2ccc3[nH]c(=O)[nH]c3c2)c2cc(Cl)c(-c3ccc(CC4N=C(c5ccc(O)cc5)c5cc(Cl)ccc5NC4=O)c(C(C)(C)C)c3)cc2NC1=O. The van der Waals surface area contributed by atoms with Gasteiger partial charge in [-0.15, -0.1) is 0 Å². The van der Waals surface area contributed by atoms with Crippen molar-refractivity contribution >= 4 is 68.8 Å². The van der Waals surface area contributed by atoms with Crippen LogP contribution in [0.4, 0.5) is 11.4 Å². The standard InChI is InChI=1S/C53H48Cl2N6O4/c1-52(2,3)38-10-8-7-9-30(38)22-45-50(64)59-43-27-35(40(55)26-37(43)48(57-45)32-15-19-42-44(24-32)61-51(65)60-42)29-11-12-31(39(21-29)53(4,5)6)23-46-49(63)58-41-20-16-33(54)25-36(41)47(56-46)28-13-17-34(62)18-14-28/h7-21,24-27,45-46,62H,22-23H2,1-6H3,(H,58,63)(H,59,64)(H2,60,61,65). The van der Waals surface area contributed by atoms with Crippen molar-refractivity contribution < 1.29 is 14.7 Å². The Kier molecular flexibility index (Phi) is 11.2. The number of benzene rings is 6. The molecule has 7 aromatic rings. The van der Waals surface area contributed by atoms with Crippen LogP contribution < -0.4 is 16.3 Å². The first-order valence-electron chi connectivity index (χ1n) is 21.5. The Bertz CT molecular complexity index is 3190. The molecule has 12 heteroatoms. The van der Waals surface area contributed by atoms with Crippen molar-refractivity contribution in [3.05, 3.63) is 180 Å². The van der Waals surface area contributed by atoms with Crippen molar-refractivity contribution in [1.29, 1.82) is 0 Å². The van der Waals surface area contributed by atoms with Gasteiger partial charge >= 0.3 is 5.69 Å². The monoisotopic (exact) mass is 902 g/mol. The van der Waals surface area contributed by atoms with Crippen molar-refractivity contribution in [2.45, 2.75) is 77.3 Å². The van der Waals surface area contributed by atoms with E-state index in [0.717, 1.165) is 33.4 Å². The van der Waals surface area contributed by atoms with Crippen LogP contribution in [0.3, 0.4) is 0 Å². The predicted molar refractivity (Wildman–Crippen MR) is 263 cm³/mol. The molecule has 0 aliphatic carbocycles. The van der Waals surface area contributed by atoms with E-state index in [1.165, 1.54) is 0 Å². The van der Waals surface area contributed by atoms with Crippen molar-refractivity contribution in [1.82, 2.24) is 9.97 Å². The molecule has 0 spiro atoms. The van der Waals surface area contributed by atoms with E-state index in [9.17, 15) is 19.5 Å². The summed E-state index contributed by atoms with van der Waals surface area (Å²) in [5, 5.41) is 17.3. The number of carbonyl (C=O) groups is 2. The highest BCUT2D eigenvalue weighted by atomic mass is 35.5. The lowest BCUT2D eigenvalue weighted by molar-refractivity contribution is -0.118. The summed E-state index contributed by atoms with van der Waals surface area (Å²) >= 11 is 13.8. The molecule has 0 radical (unpaired) electrons. The lowest BCUT2D eigenvalue weighted by Gasteiger charge is -2.25. The van der Waals surface area contributed by atoms with E-state index in [-0.39, 0.29) is 34.1 Å². The highest BCUT2D eigenvalue weighted by molar-refractivity contribution is 6.35. The zero-order valence-electron chi connectivity index (χ0n) is 36.9. The largest absolute Gasteiger partial charge is 0.508 e. The summed E-state index contributed by atoms with van der Waals surface area (Å²) in [7, 11) is 0. The summed E-state index contributed by atoms with van der Waals surface area (Å²) in [6.45, 7) is 12.8. The molecule has 2 aliphatic heterocycles. The van der Waals surface area contributed by atoms with Gasteiger partial charge in [0, 0.05) is 50.7 Å². The van der Waals surface area contributed by atoms with Crippen LogP contribution in [-0.4, -0.2) is 50.4 Å². The Labute approximate surface area is 386 Å². The van der Waals surface area contributed by atoms with Crippen LogP contribution in [0.1, 0.15) is 86.1 Å². The average molecular weight is 904 g/mol. The molecule has 1 aromatic heterocycles. The number of halogens is 2. The lowest BCUT2D eigenvalue weighted by Crippen LogP contribution is -2.29. The fourth-order valence-corrected chi connectivity index (χ4v) is 9.36. The molecule has 2 unspecified atom stereocenters. The van der Waals surface area contributed by atoms with Gasteiger partial charge in [0.2, 0.25) is 11.8 Å².